The van der Waals surface area contributed by atoms with E-state index in [9.17, 15) is 4.79 Å². The van der Waals surface area contributed by atoms with E-state index in [-0.39, 0.29) is 23.4 Å². The van der Waals surface area contributed by atoms with Crippen molar-refractivity contribution >= 4 is 5.91 Å². The maximum atomic E-state index is 12.3. The molecular weight excluding hydrogens is 264 g/mol. The minimum absolute atomic E-state index is 0.00326. The van der Waals surface area contributed by atoms with Crippen molar-refractivity contribution < 1.29 is 4.79 Å². The first-order valence-electron chi connectivity index (χ1n) is 8.14. The second-order valence-electron chi connectivity index (χ2n) is 6.99. The lowest BCUT2D eigenvalue weighted by Crippen LogP contribution is -2.44. The fourth-order valence-corrected chi connectivity index (χ4v) is 3.61. The molecule has 1 aromatic rings. The smallest absolute Gasteiger partial charge is 0.237 e. The van der Waals surface area contributed by atoms with Crippen LogP contribution in [0.15, 0.2) is 12.5 Å². The van der Waals surface area contributed by atoms with Crippen molar-refractivity contribution in [3.05, 3.63) is 18.2 Å². The van der Waals surface area contributed by atoms with E-state index in [2.05, 4.69) is 22.2 Å². The molecule has 0 aliphatic heterocycles. The van der Waals surface area contributed by atoms with Gasteiger partial charge in [0.2, 0.25) is 5.91 Å². The highest BCUT2D eigenvalue weighted by atomic mass is 16.2. The maximum absolute atomic E-state index is 12.3. The minimum Gasteiger partial charge on any atom is -0.351 e. The van der Waals surface area contributed by atoms with Gasteiger partial charge in [-0.2, -0.15) is 0 Å². The number of nitrogens with one attached hydrogen (secondary N) is 2. The summed E-state index contributed by atoms with van der Waals surface area (Å²) in [6, 6.07) is -0.178. The number of H-pyrrole nitrogens is 1. The van der Waals surface area contributed by atoms with Gasteiger partial charge in [0.1, 0.15) is 0 Å². The molecule has 0 bridgehead atoms. The summed E-state index contributed by atoms with van der Waals surface area (Å²) in [7, 11) is 0. The molecule has 2 aliphatic rings. The zero-order valence-electron chi connectivity index (χ0n) is 12.8. The molecule has 1 amide bonds. The molecule has 116 valence electrons. The van der Waals surface area contributed by atoms with Crippen molar-refractivity contribution in [3.8, 4) is 0 Å². The summed E-state index contributed by atoms with van der Waals surface area (Å²) in [5.74, 6) is 0.645. The van der Waals surface area contributed by atoms with Crippen LogP contribution in [-0.4, -0.2) is 28.0 Å². The van der Waals surface area contributed by atoms with Gasteiger partial charge in [-0.1, -0.05) is 39.0 Å². The molecule has 0 saturated heterocycles. The van der Waals surface area contributed by atoms with Crippen molar-refractivity contribution in [3.63, 3.8) is 0 Å². The first-order valence-corrected chi connectivity index (χ1v) is 8.14. The van der Waals surface area contributed by atoms with E-state index in [0.717, 1.165) is 18.5 Å². The Hall–Kier alpha value is -1.36. The average Bonchev–Trinajstić information content (AvgIpc) is 2.93. The quantitative estimate of drug-likeness (QED) is 0.774. The van der Waals surface area contributed by atoms with E-state index < -0.39 is 0 Å². The van der Waals surface area contributed by atoms with Crippen LogP contribution < -0.4 is 11.1 Å². The summed E-state index contributed by atoms with van der Waals surface area (Å²) in [5, 5.41) is 3.11. The Labute approximate surface area is 126 Å². The Bertz CT molecular complexity index is 480. The van der Waals surface area contributed by atoms with E-state index in [1.165, 1.54) is 32.1 Å². The highest BCUT2D eigenvalue weighted by molar-refractivity contribution is 5.82. The van der Waals surface area contributed by atoms with E-state index in [0.29, 0.717) is 5.92 Å². The average molecular weight is 290 g/mol. The van der Waals surface area contributed by atoms with Crippen molar-refractivity contribution in [1.29, 1.82) is 0 Å². The fraction of sp³-hybridized carbons (Fsp3) is 0.750. The van der Waals surface area contributed by atoms with Gasteiger partial charge in [0.15, 0.2) is 0 Å². The van der Waals surface area contributed by atoms with Gasteiger partial charge in [0, 0.05) is 23.3 Å². The zero-order valence-corrected chi connectivity index (χ0v) is 12.8. The molecule has 0 aromatic carbocycles. The topological polar surface area (TPSA) is 83.8 Å². The molecule has 2 aliphatic carbocycles. The van der Waals surface area contributed by atoms with E-state index >= 15 is 0 Å². The summed E-state index contributed by atoms with van der Waals surface area (Å²) < 4.78 is 0. The molecule has 3 atom stereocenters. The van der Waals surface area contributed by atoms with Crippen molar-refractivity contribution in [2.24, 2.45) is 11.7 Å². The number of hydrogen-bond acceptors (Lipinski definition) is 3. The first kappa shape index (κ1) is 14.6. The lowest BCUT2D eigenvalue weighted by atomic mass is 9.85. The number of amides is 1. The fourth-order valence-electron chi connectivity index (χ4n) is 3.61. The Kier molecular flexibility index (Phi) is 4.02. The number of nitrogens with two attached hydrogens (primary N) is 1. The molecule has 4 N–H and O–H groups in total. The highest BCUT2D eigenvalue weighted by Gasteiger charge is 2.53. The summed E-state index contributed by atoms with van der Waals surface area (Å²) >= 11 is 0. The van der Waals surface area contributed by atoms with Crippen LogP contribution >= 0.6 is 0 Å². The second-order valence-corrected chi connectivity index (χ2v) is 6.99. The molecular formula is C16H26N4O. The SMILES string of the molecule is C[C@@]1(c2cnc[nH]2)CC1NC(=O)[C@@H](N)CC1CCCCC1. The lowest BCUT2D eigenvalue weighted by Gasteiger charge is -2.24. The Morgan fingerprint density at radius 3 is 2.95 bits per heavy atom. The van der Waals surface area contributed by atoms with Crippen LogP contribution in [0, 0.1) is 5.92 Å². The molecule has 2 fully saturated rings. The second kappa shape index (κ2) is 5.79. The van der Waals surface area contributed by atoms with Gasteiger partial charge in [0.25, 0.3) is 0 Å². The third kappa shape index (κ3) is 3.12. The van der Waals surface area contributed by atoms with Crippen LogP contribution in [0.5, 0.6) is 0 Å². The van der Waals surface area contributed by atoms with Crippen LogP contribution in [0.25, 0.3) is 0 Å². The monoisotopic (exact) mass is 290 g/mol. The number of carbonyl (C=O) groups excluding carboxylic acids is 1. The molecule has 5 nitrogen and oxygen atoms in total. The highest BCUT2D eigenvalue weighted by Crippen LogP contribution is 2.47. The number of aromatic amines is 1. The van der Waals surface area contributed by atoms with Gasteiger partial charge in [-0.25, -0.2) is 4.98 Å². The third-order valence-electron chi connectivity index (χ3n) is 5.32. The predicted molar refractivity (Wildman–Crippen MR) is 81.7 cm³/mol. The Balaban J connectivity index is 1.48. The number of carbonyl (C=O) groups is 1. The van der Waals surface area contributed by atoms with E-state index in [1.54, 1.807) is 6.33 Å². The number of aromatic nitrogens is 2. The number of nitrogens with zero attached hydrogens (tertiary/aromatic N) is 1. The number of rotatable bonds is 5. The lowest BCUT2D eigenvalue weighted by molar-refractivity contribution is -0.123. The molecule has 1 aromatic heterocycles. The molecule has 0 radical (unpaired) electrons. The Morgan fingerprint density at radius 1 is 1.52 bits per heavy atom. The van der Waals surface area contributed by atoms with Crippen LogP contribution in [0.4, 0.5) is 0 Å². The molecule has 2 saturated carbocycles. The van der Waals surface area contributed by atoms with Gasteiger partial charge >= 0.3 is 0 Å². The summed E-state index contributed by atoms with van der Waals surface area (Å²) in [6.07, 6.45) is 11.7. The molecule has 0 spiro atoms. The van der Waals surface area contributed by atoms with Crippen LogP contribution in [0.3, 0.4) is 0 Å². The maximum Gasteiger partial charge on any atom is 0.237 e. The minimum atomic E-state index is -0.361. The number of imidazole rings is 1. The first-order chi connectivity index (χ1) is 10.1. The normalized spacial score (nSPS) is 30.9. The number of hydrogen-bond donors (Lipinski definition) is 3. The van der Waals surface area contributed by atoms with Gasteiger partial charge in [-0.3, -0.25) is 4.79 Å². The molecule has 5 heteroatoms. The zero-order chi connectivity index (χ0) is 14.9. The summed E-state index contributed by atoms with van der Waals surface area (Å²) in [5.41, 5.74) is 7.19. The molecule has 3 rings (SSSR count). The van der Waals surface area contributed by atoms with E-state index in [1.807, 2.05) is 6.20 Å². The molecule has 1 heterocycles. The van der Waals surface area contributed by atoms with Crippen molar-refractivity contribution in [2.45, 2.75) is 69.4 Å². The predicted octanol–water partition coefficient (Wildman–Crippen LogP) is 1.85. The Morgan fingerprint density at radius 2 is 2.29 bits per heavy atom. The summed E-state index contributed by atoms with van der Waals surface area (Å²) in [4.78, 5) is 19.5. The van der Waals surface area contributed by atoms with Gasteiger partial charge in [0.05, 0.1) is 12.4 Å². The van der Waals surface area contributed by atoms with E-state index in [4.69, 9.17) is 5.73 Å². The van der Waals surface area contributed by atoms with Crippen LogP contribution in [-0.2, 0) is 10.2 Å². The van der Waals surface area contributed by atoms with Gasteiger partial charge in [-0.15, -0.1) is 0 Å². The third-order valence-corrected chi connectivity index (χ3v) is 5.32. The summed E-state index contributed by atoms with van der Waals surface area (Å²) in [6.45, 7) is 2.15. The van der Waals surface area contributed by atoms with Gasteiger partial charge in [-0.05, 0) is 18.8 Å². The molecule has 21 heavy (non-hydrogen) atoms. The van der Waals surface area contributed by atoms with Gasteiger partial charge < -0.3 is 16.0 Å². The largest absolute Gasteiger partial charge is 0.351 e. The van der Waals surface area contributed by atoms with Crippen LogP contribution in [0.2, 0.25) is 0 Å². The van der Waals surface area contributed by atoms with Crippen molar-refractivity contribution in [1.82, 2.24) is 15.3 Å². The molecule has 1 unspecified atom stereocenters. The van der Waals surface area contributed by atoms with Crippen LogP contribution in [0.1, 0.15) is 57.6 Å². The standard InChI is InChI=1S/C16H26N4O/c1-16(14-9-18-10-19-14)8-13(16)20-15(21)12(17)7-11-5-3-2-4-6-11/h9-13H,2-8,17H2,1H3,(H,18,19)(H,20,21)/t12-,13?,16+/m0/s1. The van der Waals surface area contributed by atoms with Crippen molar-refractivity contribution in [2.75, 3.05) is 0 Å².